The van der Waals surface area contributed by atoms with Crippen molar-refractivity contribution >= 4 is 17.9 Å². The van der Waals surface area contributed by atoms with E-state index in [1.807, 2.05) is 0 Å². The number of amides is 3. The lowest BCUT2D eigenvalue weighted by Gasteiger charge is -2.33. The number of hydrogen-bond donors (Lipinski definition) is 0. The third kappa shape index (κ3) is 2.53. The molecule has 1 aromatic carbocycles. The molecule has 2 saturated carbocycles. The summed E-state index contributed by atoms with van der Waals surface area (Å²) in [4.78, 5) is 40.8. The van der Waals surface area contributed by atoms with Gasteiger partial charge in [0.05, 0.1) is 23.7 Å². The van der Waals surface area contributed by atoms with Crippen LogP contribution in [0.3, 0.4) is 0 Å². The molecule has 2 aliphatic heterocycles. The van der Waals surface area contributed by atoms with Crippen LogP contribution in [0, 0.1) is 17.8 Å². The Morgan fingerprint density at radius 1 is 1.17 bits per heavy atom. The first-order chi connectivity index (χ1) is 13.5. The Balaban J connectivity index is 1.45. The monoisotopic (exact) mass is 404 g/mol. The first-order valence-corrected chi connectivity index (χ1v) is 9.85. The van der Waals surface area contributed by atoms with Gasteiger partial charge in [-0.3, -0.25) is 19.4 Å². The molecule has 0 aromatic heterocycles. The standard InChI is InChI=1S/C21H22F2N2O4/c1-20(2,3)29-19(28)25-13(12-8-21(22,23)15-14(12)16(15)25)9-24-17(26)10-6-4-5-7-11(10)18(24)27/h4-7,12-16H,8-9H2,1-3H3/t12-,13+,14?,15?,16?/m0/s1. The van der Waals surface area contributed by atoms with Crippen LogP contribution in [-0.4, -0.2) is 57.9 Å². The maximum atomic E-state index is 14.4. The number of carbonyl (C=O) groups is 3. The Morgan fingerprint density at radius 3 is 2.31 bits per heavy atom. The molecular weight excluding hydrogens is 382 g/mol. The Morgan fingerprint density at radius 2 is 1.76 bits per heavy atom. The molecule has 1 saturated heterocycles. The zero-order valence-electron chi connectivity index (χ0n) is 16.4. The Kier molecular flexibility index (Phi) is 3.54. The fourth-order valence-corrected chi connectivity index (χ4v) is 5.52. The summed E-state index contributed by atoms with van der Waals surface area (Å²) in [5.41, 5.74) is -0.163. The molecule has 3 fully saturated rings. The van der Waals surface area contributed by atoms with Crippen LogP contribution < -0.4 is 0 Å². The number of carbonyl (C=O) groups excluding carboxylic acids is 3. The number of ether oxygens (including phenoxy) is 1. The topological polar surface area (TPSA) is 66.9 Å². The number of imide groups is 1. The third-order valence-electron chi connectivity index (χ3n) is 6.55. The Bertz CT molecular complexity index is 906. The second-order valence-electron chi connectivity index (χ2n) is 9.44. The van der Waals surface area contributed by atoms with E-state index in [1.165, 1.54) is 4.90 Å². The van der Waals surface area contributed by atoms with Crippen molar-refractivity contribution < 1.29 is 27.9 Å². The molecule has 5 atom stereocenters. The third-order valence-corrected chi connectivity index (χ3v) is 6.55. The van der Waals surface area contributed by atoms with E-state index in [1.54, 1.807) is 45.0 Å². The number of halogens is 2. The minimum Gasteiger partial charge on any atom is -0.444 e. The van der Waals surface area contributed by atoms with E-state index < -0.39 is 53.4 Å². The summed E-state index contributed by atoms with van der Waals surface area (Å²) >= 11 is 0. The molecule has 29 heavy (non-hydrogen) atoms. The quantitative estimate of drug-likeness (QED) is 0.710. The van der Waals surface area contributed by atoms with Gasteiger partial charge in [-0.1, -0.05) is 12.1 Å². The molecule has 5 rings (SSSR count). The second kappa shape index (κ2) is 5.55. The van der Waals surface area contributed by atoms with E-state index in [4.69, 9.17) is 4.74 Å². The molecule has 0 spiro atoms. The molecule has 0 N–H and O–H groups in total. The number of hydrogen-bond acceptors (Lipinski definition) is 4. The van der Waals surface area contributed by atoms with Gasteiger partial charge in [-0.15, -0.1) is 0 Å². The fourth-order valence-electron chi connectivity index (χ4n) is 5.52. The highest BCUT2D eigenvalue weighted by Gasteiger charge is 2.80. The SMILES string of the molecule is CC(C)(C)OC(=O)N1C2C3C2C(F)(F)C[C@H]3[C@H]1CN1C(=O)c2ccccc2C1=O. The summed E-state index contributed by atoms with van der Waals surface area (Å²) in [6, 6.07) is 5.26. The maximum Gasteiger partial charge on any atom is 0.410 e. The van der Waals surface area contributed by atoms with Gasteiger partial charge in [0.1, 0.15) is 5.60 Å². The molecule has 3 amide bonds. The van der Waals surface area contributed by atoms with Gasteiger partial charge >= 0.3 is 6.09 Å². The minimum atomic E-state index is -2.84. The van der Waals surface area contributed by atoms with E-state index in [0.29, 0.717) is 11.1 Å². The van der Waals surface area contributed by atoms with Crippen molar-refractivity contribution in [1.29, 1.82) is 0 Å². The largest absolute Gasteiger partial charge is 0.444 e. The van der Waals surface area contributed by atoms with Crippen molar-refractivity contribution in [3.8, 4) is 0 Å². The molecule has 0 radical (unpaired) electrons. The first kappa shape index (κ1) is 18.5. The van der Waals surface area contributed by atoms with Crippen LogP contribution in [0.25, 0.3) is 0 Å². The number of benzene rings is 1. The molecule has 1 aromatic rings. The zero-order valence-corrected chi connectivity index (χ0v) is 16.4. The van der Waals surface area contributed by atoms with Crippen molar-refractivity contribution in [3.05, 3.63) is 35.4 Å². The number of fused-ring (bicyclic) bond motifs is 2. The van der Waals surface area contributed by atoms with Crippen LogP contribution in [0.15, 0.2) is 24.3 Å². The van der Waals surface area contributed by atoms with Crippen molar-refractivity contribution in [2.45, 2.75) is 50.8 Å². The first-order valence-electron chi connectivity index (χ1n) is 9.85. The number of alkyl halides is 2. The van der Waals surface area contributed by atoms with Gasteiger partial charge < -0.3 is 4.74 Å². The van der Waals surface area contributed by atoms with Gasteiger partial charge in [-0.2, -0.15) is 0 Å². The van der Waals surface area contributed by atoms with Crippen LogP contribution in [-0.2, 0) is 4.74 Å². The zero-order chi connectivity index (χ0) is 20.9. The molecule has 0 bridgehead atoms. The number of rotatable bonds is 2. The van der Waals surface area contributed by atoms with E-state index in [2.05, 4.69) is 0 Å². The lowest BCUT2D eigenvalue weighted by Crippen LogP contribution is -2.50. The summed E-state index contributed by atoms with van der Waals surface area (Å²) in [5, 5.41) is 0. The van der Waals surface area contributed by atoms with E-state index in [9.17, 15) is 23.2 Å². The predicted molar refractivity (Wildman–Crippen MR) is 97.5 cm³/mol. The van der Waals surface area contributed by atoms with Crippen molar-refractivity contribution in [3.63, 3.8) is 0 Å². The highest BCUT2D eigenvalue weighted by Crippen LogP contribution is 2.70. The molecule has 2 heterocycles. The van der Waals surface area contributed by atoms with Crippen LogP contribution in [0.2, 0.25) is 0 Å². The van der Waals surface area contributed by atoms with Gasteiger partial charge in [-0.25, -0.2) is 13.6 Å². The molecule has 6 nitrogen and oxygen atoms in total. The summed E-state index contributed by atoms with van der Waals surface area (Å²) in [6.45, 7) is 5.06. The number of piperidine rings is 1. The lowest BCUT2D eigenvalue weighted by atomic mass is 9.96. The van der Waals surface area contributed by atoms with Gasteiger partial charge in [0.15, 0.2) is 0 Å². The number of likely N-dealkylation sites (tertiary alicyclic amines) is 1. The van der Waals surface area contributed by atoms with Gasteiger partial charge in [0.25, 0.3) is 17.7 Å². The molecule has 2 aliphatic carbocycles. The smallest absolute Gasteiger partial charge is 0.410 e. The van der Waals surface area contributed by atoms with E-state index in [0.717, 1.165) is 4.90 Å². The predicted octanol–water partition coefficient (Wildman–Crippen LogP) is 3.17. The van der Waals surface area contributed by atoms with Crippen molar-refractivity contribution in [1.82, 2.24) is 9.80 Å². The Hall–Kier alpha value is -2.51. The minimum absolute atomic E-state index is 0.0912. The average molecular weight is 404 g/mol. The highest BCUT2D eigenvalue weighted by atomic mass is 19.3. The van der Waals surface area contributed by atoms with Crippen LogP contribution in [0.4, 0.5) is 13.6 Å². The van der Waals surface area contributed by atoms with E-state index >= 15 is 0 Å². The molecular formula is C21H22F2N2O4. The molecule has 154 valence electrons. The summed E-state index contributed by atoms with van der Waals surface area (Å²) in [6.07, 6.45) is -0.983. The van der Waals surface area contributed by atoms with Crippen LogP contribution in [0.5, 0.6) is 0 Å². The van der Waals surface area contributed by atoms with E-state index in [-0.39, 0.29) is 18.9 Å². The molecule has 8 heteroatoms. The highest BCUT2D eigenvalue weighted by molar-refractivity contribution is 6.21. The summed E-state index contributed by atoms with van der Waals surface area (Å²) in [5.74, 6) is -5.32. The van der Waals surface area contributed by atoms with Gasteiger partial charge in [-0.05, 0) is 44.7 Å². The second-order valence-corrected chi connectivity index (χ2v) is 9.44. The normalized spacial score (nSPS) is 33.8. The average Bonchev–Trinajstić information content (AvgIpc) is 3.14. The lowest BCUT2D eigenvalue weighted by molar-refractivity contribution is -0.0221. The van der Waals surface area contributed by atoms with Gasteiger partial charge in [0, 0.05) is 18.4 Å². The molecule has 4 aliphatic rings. The van der Waals surface area contributed by atoms with Crippen LogP contribution in [0.1, 0.15) is 47.9 Å². The Labute approximate surface area is 166 Å². The van der Waals surface area contributed by atoms with Crippen LogP contribution >= 0.6 is 0 Å². The maximum absolute atomic E-state index is 14.4. The number of nitrogens with zero attached hydrogens (tertiary/aromatic N) is 2. The fraction of sp³-hybridized carbons (Fsp3) is 0.571. The summed E-state index contributed by atoms with van der Waals surface area (Å²) < 4.78 is 34.3. The van der Waals surface area contributed by atoms with Crippen molar-refractivity contribution in [2.24, 2.45) is 17.8 Å². The van der Waals surface area contributed by atoms with Gasteiger partial charge in [0.2, 0.25) is 0 Å². The summed E-state index contributed by atoms with van der Waals surface area (Å²) in [7, 11) is 0. The van der Waals surface area contributed by atoms with Crippen molar-refractivity contribution in [2.75, 3.05) is 6.54 Å². The molecule has 3 unspecified atom stereocenters.